The molecule has 6 nitrogen and oxygen atoms in total. The normalized spacial score (nSPS) is 16.1. The SMILES string of the molecule is C=C(C)F.CC(=O)N1Cc2c(F)cc(-c3noc(C(F)(F)F)n3)cc2OCC1C. The van der Waals surface area contributed by atoms with Crippen molar-refractivity contribution in [1.82, 2.24) is 15.0 Å². The molecule has 0 N–H and O–H groups in total. The summed E-state index contributed by atoms with van der Waals surface area (Å²) in [4.78, 5) is 16.4. The molecule has 1 aromatic carbocycles. The van der Waals surface area contributed by atoms with Crippen LogP contribution in [0.4, 0.5) is 22.0 Å². The number of allylic oxidation sites excluding steroid dienone is 1. The fourth-order valence-electron chi connectivity index (χ4n) is 2.53. The van der Waals surface area contributed by atoms with Crippen molar-refractivity contribution in [3.05, 3.63) is 41.8 Å². The van der Waals surface area contributed by atoms with Crippen LogP contribution in [0.3, 0.4) is 0 Å². The molecule has 3 rings (SSSR count). The van der Waals surface area contributed by atoms with E-state index < -0.39 is 23.7 Å². The summed E-state index contributed by atoms with van der Waals surface area (Å²) in [5, 5.41) is 3.23. The largest absolute Gasteiger partial charge is 0.491 e. The molecule has 11 heteroatoms. The molecule has 1 aliphatic rings. The first-order chi connectivity index (χ1) is 13.4. The predicted molar refractivity (Wildman–Crippen MR) is 91.8 cm³/mol. The van der Waals surface area contributed by atoms with Crippen molar-refractivity contribution < 1.29 is 36.0 Å². The monoisotopic (exact) mass is 419 g/mol. The molecule has 0 bridgehead atoms. The molecular weight excluding hydrogens is 401 g/mol. The lowest BCUT2D eigenvalue weighted by Crippen LogP contribution is -2.38. The average molecular weight is 419 g/mol. The molecule has 2 aromatic rings. The number of carbonyl (C=O) groups excluding carboxylic acids is 1. The molecule has 0 fully saturated rings. The second-order valence-electron chi connectivity index (χ2n) is 6.34. The number of hydrogen-bond donors (Lipinski definition) is 0. The van der Waals surface area contributed by atoms with E-state index in [1.165, 1.54) is 24.8 Å². The van der Waals surface area contributed by atoms with Crippen molar-refractivity contribution >= 4 is 5.91 Å². The number of benzene rings is 1. The van der Waals surface area contributed by atoms with Gasteiger partial charge in [0.1, 0.15) is 18.2 Å². The minimum atomic E-state index is -4.79. The third kappa shape index (κ3) is 5.52. The van der Waals surface area contributed by atoms with Gasteiger partial charge in [-0.05, 0) is 26.0 Å². The van der Waals surface area contributed by atoms with Crippen molar-refractivity contribution in [2.24, 2.45) is 0 Å². The minimum Gasteiger partial charge on any atom is -0.491 e. The number of hydrogen-bond acceptors (Lipinski definition) is 5. The van der Waals surface area contributed by atoms with Gasteiger partial charge in [-0.1, -0.05) is 11.7 Å². The van der Waals surface area contributed by atoms with Crippen molar-refractivity contribution in [1.29, 1.82) is 0 Å². The van der Waals surface area contributed by atoms with Crippen LogP contribution in [0, 0.1) is 5.82 Å². The fraction of sp³-hybridized carbons (Fsp3) is 0.389. The smallest absolute Gasteiger partial charge is 0.471 e. The maximum absolute atomic E-state index is 14.5. The summed E-state index contributed by atoms with van der Waals surface area (Å²) < 4.78 is 72.6. The Bertz CT molecular complexity index is 907. The standard InChI is InChI=1S/C15H13F4N3O3.C3H5F/c1-7-6-24-12-4-9(13-20-14(25-21-13)15(17,18)19)3-11(16)10(12)5-22(7)8(2)23;1-3(2)4/h3-4,7H,5-6H2,1-2H3;1H2,2H3. The zero-order valence-corrected chi connectivity index (χ0v) is 15.8. The summed E-state index contributed by atoms with van der Waals surface area (Å²) in [6.07, 6.45) is -4.79. The van der Waals surface area contributed by atoms with Gasteiger partial charge >= 0.3 is 12.1 Å². The van der Waals surface area contributed by atoms with Crippen molar-refractivity contribution in [2.75, 3.05) is 6.61 Å². The van der Waals surface area contributed by atoms with Gasteiger partial charge in [-0.25, -0.2) is 8.78 Å². The Kier molecular flexibility index (Phi) is 6.60. The summed E-state index contributed by atoms with van der Waals surface area (Å²) in [6, 6.07) is 2.04. The van der Waals surface area contributed by atoms with Crippen molar-refractivity contribution in [3.63, 3.8) is 0 Å². The quantitative estimate of drug-likeness (QED) is 0.636. The van der Waals surface area contributed by atoms with Gasteiger partial charge in [-0.3, -0.25) is 4.79 Å². The molecule has 0 aliphatic carbocycles. The van der Waals surface area contributed by atoms with Gasteiger partial charge in [-0.2, -0.15) is 18.2 Å². The number of ether oxygens (including phenoxy) is 1. The lowest BCUT2D eigenvalue weighted by atomic mass is 10.1. The van der Waals surface area contributed by atoms with Crippen LogP contribution in [-0.2, 0) is 17.5 Å². The zero-order chi connectivity index (χ0) is 21.9. The highest BCUT2D eigenvalue weighted by molar-refractivity contribution is 5.74. The zero-order valence-electron chi connectivity index (χ0n) is 15.8. The second kappa shape index (κ2) is 8.58. The van der Waals surface area contributed by atoms with Gasteiger partial charge in [0.25, 0.3) is 0 Å². The van der Waals surface area contributed by atoms with Gasteiger partial charge in [-0.15, -0.1) is 0 Å². The number of aromatic nitrogens is 2. The first kappa shape index (κ1) is 22.3. The first-order valence-corrected chi connectivity index (χ1v) is 8.34. The lowest BCUT2D eigenvalue weighted by Gasteiger charge is -2.24. The van der Waals surface area contributed by atoms with Crippen LogP contribution in [0.15, 0.2) is 29.1 Å². The molecule has 2 heterocycles. The van der Waals surface area contributed by atoms with Gasteiger partial charge in [0, 0.05) is 18.1 Å². The molecular formula is C18H18F5N3O3. The van der Waals surface area contributed by atoms with E-state index in [0.29, 0.717) is 0 Å². The summed E-state index contributed by atoms with van der Waals surface area (Å²) in [5.74, 6) is -3.09. The molecule has 29 heavy (non-hydrogen) atoms. The molecule has 0 saturated heterocycles. The van der Waals surface area contributed by atoms with Crippen LogP contribution in [-0.4, -0.2) is 33.6 Å². The number of fused-ring (bicyclic) bond motifs is 1. The number of halogens is 5. The summed E-state index contributed by atoms with van der Waals surface area (Å²) in [7, 11) is 0. The van der Waals surface area contributed by atoms with Crippen LogP contribution in [0.2, 0.25) is 0 Å². The van der Waals surface area contributed by atoms with Gasteiger partial charge in [0.15, 0.2) is 0 Å². The number of amides is 1. The topological polar surface area (TPSA) is 68.5 Å². The van der Waals surface area contributed by atoms with Gasteiger partial charge in [0.05, 0.1) is 18.4 Å². The highest BCUT2D eigenvalue weighted by Gasteiger charge is 2.38. The Morgan fingerprint density at radius 3 is 2.45 bits per heavy atom. The molecule has 158 valence electrons. The average Bonchev–Trinajstić information content (AvgIpc) is 3.01. The molecule has 1 atom stereocenters. The van der Waals surface area contributed by atoms with E-state index in [4.69, 9.17) is 4.74 Å². The van der Waals surface area contributed by atoms with Crippen LogP contribution in [0.1, 0.15) is 32.2 Å². The third-order valence-corrected chi connectivity index (χ3v) is 3.83. The van der Waals surface area contributed by atoms with E-state index in [9.17, 15) is 26.7 Å². The molecule has 1 aliphatic heterocycles. The lowest BCUT2D eigenvalue weighted by molar-refractivity contribution is -0.159. The molecule has 0 spiro atoms. The second-order valence-corrected chi connectivity index (χ2v) is 6.34. The highest BCUT2D eigenvalue weighted by atomic mass is 19.4. The summed E-state index contributed by atoms with van der Waals surface area (Å²) in [5.41, 5.74) is 0.127. The number of alkyl halides is 3. The molecule has 1 amide bonds. The maximum Gasteiger partial charge on any atom is 0.471 e. The third-order valence-electron chi connectivity index (χ3n) is 3.83. The molecule has 0 saturated carbocycles. The first-order valence-electron chi connectivity index (χ1n) is 8.34. The summed E-state index contributed by atoms with van der Waals surface area (Å²) >= 11 is 0. The summed E-state index contributed by atoms with van der Waals surface area (Å²) in [6.45, 7) is 7.43. The number of carbonyl (C=O) groups is 1. The Morgan fingerprint density at radius 1 is 1.31 bits per heavy atom. The highest BCUT2D eigenvalue weighted by Crippen LogP contribution is 2.34. The minimum absolute atomic E-state index is 0.00199. The van der Waals surface area contributed by atoms with E-state index in [2.05, 4.69) is 21.2 Å². The molecule has 0 radical (unpaired) electrons. The Hall–Kier alpha value is -2.98. The Labute approximate surface area is 162 Å². The van der Waals surface area contributed by atoms with Crippen LogP contribution >= 0.6 is 0 Å². The van der Waals surface area contributed by atoms with Gasteiger partial charge in [0.2, 0.25) is 11.7 Å². The van der Waals surface area contributed by atoms with Crippen LogP contribution in [0.5, 0.6) is 5.75 Å². The Balaban J connectivity index is 0.000000687. The fourth-order valence-corrected chi connectivity index (χ4v) is 2.53. The van der Waals surface area contributed by atoms with E-state index in [1.807, 2.05) is 0 Å². The van der Waals surface area contributed by atoms with E-state index in [1.54, 1.807) is 6.92 Å². The Morgan fingerprint density at radius 2 is 1.93 bits per heavy atom. The number of nitrogens with zero attached hydrogens (tertiary/aromatic N) is 3. The van der Waals surface area contributed by atoms with E-state index >= 15 is 0 Å². The van der Waals surface area contributed by atoms with Crippen LogP contribution < -0.4 is 4.74 Å². The maximum atomic E-state index is 14.5. The molecule has 1 unspecified atom stereocenters. The molecule has 1 aromatic heterocycles. The van der Waals surface area contributed by atoms with Crippen LogP contribution in [0.25, 0.3) is 11.4 Å². The number of rotatable bonds is 1. The predicted octanol–water partition coefficient (Wildman–Crippen LogP) is 4.51. The van der Waals surface area contributed by atoms with Gasteiger partial charge < -0.3 is 14.2 Å². The van der Waals surface area contributed by atoms with E-state index in [0.717, 1.165) is 6.07 Å². The van der Waals surface area contributed by atoms with Crippen molar-refractivity contribution in [2.45, 2.75) is 39.5 Å². The van der Waals surface area contributed by atoms with E-state index in [-0.39, 0.29) is 47.8 Å². The van der Waals surface area contributed by atoms with Crippen molar-refractivity contribution in [3.8, 4) is 17.1 Å².